The van der Waals surface area contributed by atoms with E-state index in [2.05, 4.69) is 15.0 Å². The first kappa shape index (κ1) is 19.2. The molecule has 2 aromatic heterocycles. The number of benzene rings is 1. The summed E-state index contributed by atoms with van der Waals surface area (Å²) < 4.78 is 40.2. The van der Waals surface area contributed by atoms with Gasteiger partial charge in [0.1, 0.15) is 12.4 Å². The van der Waals surface area contributed by atoms with E-state index in [0.29, 0.717) is 28.2 Å². The van der Waals surface area contributed by atoms with E-state index in [4.69, 9.17) is 14.2 Å². The van der Waals surface area contributed by atoms with Crippen LogP contribution in [0.15, 0.2) is 29.6 Å². The van der Waals surface area contributed by atoms with E-state index in [1.807, 2.05) is 6.92 Å². The van der Waals surface area contributed by atoms with Gasteiger partial charge in [-0.1, -0.05) is 11.8 Å². The van der Waals surface area contributed by atoms with Gasteiger partial charge in [0.15, 0.2) is 16.7 Å². The summed E-state index contributed by atoms with van der Waals surface area (Å²) in [6.45, 7) is 1.29. The Balaban J connectivity index is 1.74. The largest absolute Gasteiger partial charge is 0.492 e. The number of hydrogen-bond acceptors (Lipinski definition) is 6. The number of aromatic nitrogens is 3. The number of rotatable bonds is 8. The molecule has 3 rings (SSSR count). The highest BCUT2D eigenvalue weighted by atomic mass is 32.2. The van der Waals surface area contributed by atoms with Gasteiger partial charge in [0.05, 0.1) is 37.1 Å². The Morgan fingerprint density at radius 1 is 1.22 bits per heavy atom. The number of methoxy groups -OCH3 is 2. The Kier molecular flexibility index (Phi) is 6.00. The molecule has 0 radical (unpaired) electrons. The van der Waals surface area contributed by atoms with Gasteiger partial charge in [-0.05, 0) is 19.1 Å². The third-order valence-electron chi connectivity index (χ3n) is 3.91. The molecule has 0 unspecified atom stereocenters. The van der Waals surface area contributed by atoms with Crippen molar-refractivity contribution in [1.29, 1.82) is 0 Å². The van der Waals surface area contributed by atoms with Gasteiger partial charge in [0, 0.05) is 17.4 Å². The fourth-order valence-electron chi connectivity index (χ4n) is 2.57. The van der Waals surface area contributed by atoms with Gasteiger partial charge < -0.3 is 19.2 Å². The molecule has 0 aliphatic heterocycles. The molecule has 0 saturated heterocycles. The number of fused-ring (bicyclic) bond motifs is 1. The van der Waals surface area contributed by atoms with Crippen molar-refractivity contribution in [2.75, 3.05) is 20.8 Å². The van der Waals surface area contributed by atoms with Crippen molar-refractivity contribution >= 4 is 22.8 Å². The SMILES string of the molecule is COc1cnc(CSc2nc3ccc(OCC(F)F)cc3[nH]2)c(C)c1OC. The molecule has 144 valence electrons. The number of aromatic amines is 1. The van der Waals surface area contributed by atoms with Crippen LogP contribution in [0.4, 0.5) is 8.78 Å². The number of imidazole rings is 1. The lowest BCUT2D eigenvalue weighted by molar-refractivity contribution is 0.0819. The van der Waals surface area contributed by atoms with Crippen LogP contribution in [0.3, 0.4) is 0 Å². The first-order valence-electron chi connectivity index (χ1n) is 8.11. The van der Waals surface area contributed by atoms with E-state index in [1.165, 1.54) is 11.8 Å². The third-order valence-corrected chi connectivity index (χ3v) is 4.80. The van der Waals surface area contributed by atoms with Crippen LogP contribution in [0.2, 0.25) is 0 Å². The number of nitrogens with one attached hydrogen (secondary N) is 1. The van der Waals surface area contributed by atoms with Crippen LogP contribution >= 0.6 is 11.8 Å². The molecule has 0 saturated carbocycles. The Labute approximate surface area is 159 Å². The number of hydrogen-bond donors (Lipinski definition) is 1. The second kappa shape index (κ2) is 8.43. The molecule has 2 heterocycles. The Hall–Kier alpha value is -2.55. The van der Waals surface area contributed by atoms with Crippen LogP contribution in [0.5, 0.6) is 17.2 Å². The fraction of sp³-hybridized carbons (Fsp3) is 0.333. The highest BCUT2D eigenvalue weighted by molar-refractivity contribution is 7.98. The topological polar surface area (TPSA) is 69.3 Å². The standard InChI is InChI=1S/C18H19F2N3O3S/c1-10-14(21-7-15(24-2)17(10)25-3)9-27-18-22-12-5-4-11(6-13(12)23-18)26-8-16(19)20/h4-7,16H,8-9H2,1-3H3,(H,22,23). The zero-order valence-electron chi connectivity index (χ0n) is 15.1. The number of halogens is 2. The minimum absolute atomic E-state index is 0.375. The van der Waals surface area contributed by atoms with Crippen molar-refractivity contribution < 1.29 is 23.0 Å². The maximum absolute atomic E-state index is 12.3. The summed E-state index contributed by atoms with van der Waals surface area (Å²) in [5.74, 6) is 2.21. The van der Waals surface area contributed by atoms with Crippen molar-refractivity contribution in [3.63, 3.8) is 0 Å². The average Bonchev–Trinajstić information content (AvgIpc) is 3.07. The van der Waals surface area contributed by atoms with Gasteiger partial charge >= 0.3 is 0 Å². The molecule has 0 bridgehead atoms. The molecule has 0 amide bonds. The Morgan fingerprint density at radius 2 is 2.04 bits per heavy atom. The highest BCUT2D eigenvalue weighted by Crippen LogP contribution is 2.33. The van der Waals surface area contributed by atoms with Crippen LogP contribution in [0.25, 0.3) is 11.0 Å². The minimum Gasteiger partial charge on any atom is -0.492 e. The monoisotopic (exact) mass is 395 g/mol. The zero-order valence-corrected chi connectivity index (χ0v) is 15.9. The summed E-state index contributed by atoms with van der Waals surface area (Å²) in [6, 6.07) is 5.02. The lowest BCUT2D eigenvalue weighted by Gasteiger charge is -2.12. The quantitative estimate of drug-likeness (QED) is 0.576. The number of pyridine rings is 1. The van der Waals surface area contributed by atoms with Crippen LogP contribution < -0.4 is 14.2 Å². The van der Waals surface area contributed by atoms with Gasteiger partial charge in [-0.25, -0.2) is 13.8 Å². The van der Waals surface area contributed by atoms with E-state index < -0.39 is 13.0 Å². The number of ether oxygens (including phenoxy) is 3. The summed E-state index contributed by atoms with van der Waals surface area (Å²) in [5, 5.41) is 0.701. The number of alkyl halides is 2. The molecule has 0 aliphatic carbocycles. The molecular formula is C18H19F2N3O3S. The summed E-state index contributed by atoms with van der Waals surface area (Å²) in [5.41, 5.74) is 3.22. The predicted octanol–water partition coefficient (Wildman–Crippen LogP) is 4.22. The molecule has 0 aliphatic rings. The van der Waals surface area contributed by atoms with Crippen molar-refractivity contribution in [1.82, 2.24) is 15.0 Å². The van der Waals surface area contributed by atoms with Crippen LogP contribution in [-0.2, 0) is 5.75 Å². The van der Waals surface area contributed by atoms with E-state index in [1.54, 1.807) is 38.6 Å². The molecule has 1 aromatic carbocycles. The number of thioether (sulfide) groups is 1. The van der Waals surface area contributed by atoms with Gasteiger partial charge in [0.25, 0.3) is 6.43 Å². The van der Waals surface area contributed by atoms with Crippen molar-refractivity contribution in [2.24, 2.45) is 0 Å². The third kappa shape index (κ3) is 4.41. The first-order chi connectivity index (χ1) is 13.0. The van der Waals surface area contributed by atoms with E-state index in [9.17, 15) is 8.78 Å². The Bertz CT molecular complexity index is 934. The van der Waals surface area contributed by atoms with Gasteiger partial charge in [-0.15, -0.1) is 0 Å². The molecule has 0 spiro atoms. The predicted molar refractivity (Wildman–Crippen MR) is 99.2 cm³/mol. The number of H-pyrrole nitrogens is 1. The second-order valence-electron chi connectivity index (χ2n) is 5.64. The van der Waals surface area contributed by atoms with Crippen LogP contribution in [0.1, 0.15) is 11.3 Å². The molecule has 6 nitrogen and oxygen atoms in total. The summed E-state index contributed by atoms with van der Waals surface area (Å²) >= 11 is 1.48. The minimum atomic E-state index is -2.51. The van der Waals surface area contributed by atoms with E-state index in [0.717, 1.165) is 22.3 Å². The van der Waals surface area contributed by atoms with Crippen molar-refractivity contribution in [3.05, 3.63) is 35.7 Å². The lowest BCUT2D eigenvalue weighted by atomic mass is 10.2. The van der Waals surface area contributed by atoms with Crippen molar-refractivity contribution in [2.45, 2.75) is 24.3 Å². The molecule has 27 heavy (non-hydrogen) atoms. The highest BCUT2D eigenvalue weighted by Gasteiger charge is 2.14. The maximum atomic E-state index is 12.3. The second-order valence-corrected chi connectivity index (χ2v) is 6.61. The average molecular weight is 395 g/mol. The van der Waals surface area contributed by atoms with E-state index >= 15 is 0 Å². The van der Waals surface area contributed by atoms with Gasteiger partial charge in [0.2, 0.25) is 0 Å². The molecule has 0 fully saturated rings. The smallest absolute Gasteiger partial charge is 0.272 e. The van der Waals surface area contributed by atoms with Gasteiger partial charge in [-0.3, -0.25) is 4.98 Å². The van der Waals surface area contributed by atoms with Crippen LogP contribution in [-0.4, -0.2) is 42.2 Å². The molecule has 9 heteroatoms. The molecule has 1 N–H and O–H groups in total. The number of nitrogens with zero attached hydrogens (tertiary/aromatic N) is 2. The molecule has 3 aromatic rings. The van der Waals surface area contributed by atoms with Crippen LogP contribution in [0, 0.1) is 6.92 Å². The zero-order chi connectivity index (χ0) is 19.4. The fourth-order valence-corrected chi connectivity index (χ4v) is 3.48. The van der Waals surface area contributed by atoms with E-state index in [-0.39, 0.29) is 0 Å². The molecular weight excluding hydrogens is 376 g/mol. The van der Waals surface area contributed by atoms with Crippen molar-refractivity contribution in [3.8, 4) is 17.2 Å². The molecule has 0 atom stereocenters. The maximum Gasteiger partial charge on any atom is 0.272 e. The Morgan fingerprint density at radius 3 is 2.74 bits per heavy atom. The normalized spacial score (nSPS) is 11.2. The first-order valence-corrected chi connectivity index (χ1v) is 9.10. The summed E-state index contributed by atoms with van der Waals surface area (Å²) in [7, 11) is 3.16. The summed E-state index contributed by atoms with van der Waals surface area (Å²) in [4.78, 5) is 12.1. The summed E-state index contributed by atoms with van der Waals surface area (Å²) in [6.07, 6.45) is -0.877. The van der Waals surface area contributed by atoms with Gasteiger partial charge in [-0.2, -0.15) is 0 Å². The lowest BCUT2D eigenvalue weighted by Crippen LogP contribution is -2.06.